The zero-order valence-electron chi connectivity index (χ0n) is 23.8. The van der Waals surface area contributed by atoms with Crippen LogP contribution in [0.4, 0.5) is 0 Å². The van der Waals surface area contributed by atoms with E-state index in [1.165, 1.54) is 0 Å². The Labute approximate surface area is 221 Å². The quantitative estimate of drug-likeness (QED) is 0.112. The highest BCUT2D eigenvalue weighted by atomic mass is 28.4. The molecule has 2 heterocycles. The molecule has 36 heavy (non-hydrogen) atoms. The minimum Gasteiger partial charge on any atom is -0.381 e. The van der Waals surface area contributed by atoms with Crippen LogP contribution in [0.2, 0.25) is 12.1 Å². The van der Waals surface area contributed by atoms with Crippen molar-refractivity contribution in [3.8, 4) is 0 Å². The summed E-state index contributed by atoms with van der Waals surface area (Å²) >= 11 is 0. The van der Waals surface area contributed by atoms with Crippen LogP contribution in [-0.4, -0.2) is 111 Å². The summed E-state index contributed by atoms with van der Waals surface area (Å²) in [6, 6.07) is 1.60. The van der Waals surface area contributed by atoms with E-state index < -0.39 is 17.6 Å². The van der Waals surface area contributed by atoms with Crippen molar-refractivity contribution >= 4 is 17.6 Å². The Kier molecular flexibility index (Phi) is 18.1. The van der Waals surface area contributed by atoms with Gasteiger partial charge in [0.05, 0.1) is 33.0 Å². The second-order valence-corrected chi connectivity index (χ2v) is 14.7. The van der Waals surface area contributed by atoms with Gasteiger partial charge in [-0.2, -0.15) is 0 Å². The summed E-state index contributed by atoms with van der Waals surface area (Å²) in [6.07, 6.45) is 3.24. The Morgan fingerprint density at radius 3 is 1.64 bits per heavy atom. The standard InChI is InChI=1S/C15H32O5Si.C9H20O5Si/c1-5-15(13-17-14-15)12-16-10-9-11-21(18-6-2,19-7-3)20-8-4;1-10-15(11-2,12-3)6-4-5-13-7-9-8-14-9/h5-14H2,1-4H3;9H,4-8H2,1-3H3. The van der Waals surface area contributed by atoms with Crippen LogP contribution in [0, 0.1) is 5.41 Å². The summed E-state index contributed by atoms with van der Waals surface area (Å²) in [5.74, 6) is 0. The van der Waals surface area contributed by atoms with Crippen LogP contribution < -0.4 is 0 Å². The Morgan fingerprint density at radius 2 is 1.25 bits per heavy atom. The van der Waals surface area contributed by atoms with E-state index in [1.54, 1.807) is 21.3 Å². The normalized spacial score (nSPS) is 18.9. The molecule has 0 spiro atoms. The molecule has 0 radical (unpaired) electrons. The predicted molar refractivity (Wildman–Crippen MR) is 141 cm³/mol. The van der Waals surface area contributed by atoms with E-state index in [1.807, 2.05) is 20.8 Å². The molecule has 1 unspecified atom stereocenters. The van der Waals surface area contributed by atoms with Gasteiger partial charge in [-0.3, -0.25) is 0 Å². The average Bonchev–Trinajstić information content (AvgIpc) is 3.69. The second kappa shape index (κ2) is 19.1. The summed E-state index contributed by atoms with van der Waals surface area (Å²) in [4.78, 5) is 0. The minimum atomic E-state index is -2.50. The fourth-order valence-electron chi connectivity index (χ4n) is 3.79. The maximum Gasteiger partial charge on any atom is 0.501 e. The molecule has 2 rings (SSSR count). The Morgan fingerprint density at radius 1 is 0.750 bits per heavy atom. The van der Waals surface area contributed by atoms with Gasteiger partial charge in [-0.15, -0.1) is 0 Å². The summed E-state index contributed by atoms with van der Waals surface area (Å²) < 4.78 is 54.9. The molecule has 0 bridgehead atoms. The molecule has 0 aromatic rings. The molecule has 0 amide bonds. The highest BCUT2D eigenvalue weighted by Gasteiger charge is 2.40. The molecule has 12 heteroatoms. The molecule has 0 aromatic heterocycles. The second-order valence-electron chi connectivity index (χ2n) is 8.91. The van der Waals surface area contributed by atoms with Crippen LogP contribution in [0.25, 0.3) is 0 Å². The van der Waals surface area contributed by atoms with E-state index in [2.05, 4.69) is 6.92 Å². The maximum atomic E-state index is 5.84. The third kappa shape index (κ3) is 12.7. The van der Waals surface area contributed by atoms with Crippen LogP contribution in [-0.2, 0) is 45.5 Å². The predicted octanol–water partition coefficient (Wildman–Crippen LogP) is 3.54. The lowest BCUT2D eigenvalue weighted by Crippen LogP contribution is -2.47. The summed E-state index contributed by atoms with van der Waals surface area (Å²) in [5, 5.41) is 0. The molecule has 2 aliphatic heterocycles. The van der Waals surface area contributed by atoms with Gasteiger partial charge in [0.1, 0.15) is 6.10 Å². The van der Waals surface area contributed by atoms with Gasteiger partial charge < -0.3 is 45.5 Å². The van der Waals surface area contributed by atoms with E-state index in [4.69, 9.17) is 45.5 Å². The van der Waals surface area contributed by atoms with Crippen molar-refractivity contribution in [1.82, 2.24) is 0 Å². The number of hydrogen-bond acceptors (Lipinski definition) is 10. The maximum absolute atomic E-state index is 5.84. The molecule has 0 aromatic carbocycles. The first-order valence-corrected chi connectivity index (χ1v) is 17.2. The molecule has 2 aliphatic rings. The number of rotatable bonds is 22. The van der Waals surface area contributed by atoms with Gasteiger partial charge in [0.2, 0.25) is 0 Å². The number of hydrogen-bond donors (Lipinski definition) is 0. The van der Waals surface area contributed by atoms with Crippen LogP contribution in [0.1, 0.15) is 47.0 Å². The van der Waals surface area contributed by atoms with Crippen molar-refractivity contribution in [3.05, 3.63) is 0 Å². The largest absolute Gasteiger partial charge is 0.501 e. The average molecular weight is 557 g/mol. The first-order valence-electron chi connectivity index (χ1n) is 13.3. The van der Waals surface area contributed by atoms with Crippen molar-refractivity contribution in [2.24, 2.45) is 5.41 Å². The Balaban J connectivity index is 0.000000381. The van der Waals surface area contributed by atoms with Gasteiger partial charge >= 0.3 is 17.6 Å². The molecular weight excluding hydrogens is 504 g/mol. The van der Waals surface area contributed by atoms with Crippen molar-refractivity contribution < 1.29 is 45.5 Å². The van der Waals surface area contributed by atoms with Gasteiger partial charge in [0.25, 0.3) is 0 Å². The van der Waals surface area contributed by atoms with E-state index in [-0.39, 0.29) is 5.41 Å². The van der Waals surface area contributed by atoms with Gasteiger partial charge in [-0.25, -0.2) is 0 Å². The number of ether oxygens (including phenoxy) is 4. The van der Waals surface area contributed by atoms with Crippen molar-refractivity contribution in [2.45, 2.75) is 65.1 Å². The fraction of sp³-hybridized carbons (Fsp3) is 1.00. The monoisotopic (exact) mass is 556 g/mol. The Hall–Kier alpha value is 0.0338. The molecule has 1 atom stereocenters. The highest BCUT2D eigenvalue weighted by molar-refractivity contribution is 6.61. The van der Waals surface area contributed by atoms with Crippen LogP contribution in [0.5, 0.6) is 0 Å². The van der Waals surface area contributed by atoms with Crippen molar-refractivity contribution in [1.29, 1.82) is 0 Å². The molecule has 216 valence electrons. The van der Waals surface area contributed by atoms with Crippen LogP contribution >= 0.6 is 0 Å². The first kappa shape index (κ1) is 34.1. The lowest BCUT2D eigenvalue weighted by molar-refractivity contribution is -0.150. The molecule has 10 nitrogen and oxygen atoms in total. The minimum absolute atomic E-state index is 0.258. The fourth-order valence-corrected chi connectivity index (χ4v) is 8.06. The highest BCUT2D eigenvalue weighted by Crippen LogP contribution is 2.31. The van der Waals surface area contributed by atoms with Crippen LogP contribution in [0.3, 0.4) is 0 Å². The smallest absolute Gasteiger partial charge is 0.381 e. The molecule has 2 saturated heterocycles. The van der Waals surface area contributed by atoms with E-state index in [0.29, 0.717) is 39.1 Å². The number of epoxide rings is 1. The molecule has 0 N–H and O–H groups in total. The van der Waals surface area contributed by atoms with E-state index >= 15 is 0 Å². The first-order chi connectivity index (χ1) is 17.4. The summed E-state index contributed by atoms with van der Waals surface area (Å²) in [7, 11) is -0.0195. The molecular formula is C24H52O10Si2. The summed E-state index contributed by atoms with van der Waals surface area (Å²) in [5.41, 5.74) is 0.258. The van der Waals surface area contributed by atoms with Gasteiger partial charge in [-0.1, -0.05) is 6.92 Å². The zero-order valence-corrected chi connectivity index (χ0v) is 25.8. The SMILES string of the molecule is CCO[Si](CCCOCC1(CC)COC1)(OCC)OCC.CO[Si](CCCOCC1CO1)(OC)OC. The lowest BCUT2D eigenvalue weighted by Gasteiger charge is -2.40. The third-order valence-corrected chi connectivity index (χ3v) is 12.2. The van der Waals surface area contributed by atoms with Gasteiger partial charge in [0.15, 0.2) is 0 Å². The molecule has 0 saturated carbocycles. The van der Waals surface area contributed by atoms with Crippen molar-refractivity contribution in [2.75, 3.05) is 87.4 Å². The van der Waals surface area contributed by atoms with Gasteiger partial charge in [-0.05, 0) is 40.0 Å². The molecule has 2 fully saturated rings. The van der Waals surface area contributed by atoms with Crippen molar-refractivity contribution in [3.63, 3.8) is 0 Å². The van der Waals surface area contributed by atoms with Gasteiger partial charge in [0, 0.05) is 71.9 Å². The van der Waals surface area contributed by atoms with E-state index in [9.17, 15) is 0 Å². The Bertz CT molecular complexity index is 500. The summed E-state index contributed by atoms with van der Waals surface area (Å²) in [6.45, 7) is 15.4. The third-order valence-electron chi connectivity index (χ3n) is 6.25. The zero-order chi connectivity index (χ0) is 26.8. The lowest BCUT2D eigenvalue weighted by atomic mass is 9.84. The topological polar surface area (TPSA) is 95.6 Å². The van der Waals surface area contributed by atoms with Crippen LogP contribution in [0.15, 0.2) is 0 Å². The van der Waals surface area contributed by atoms with E-state index in [0.717, 1.165) is 64.4 Å². The molecule has 0 aliphatic carbocycles.